The van der Waals surface area contributed by atoms with Gasteiger partial charge < -0.3 is 4.90 Å². The number of imide groups is 1. The van der Waals surface area contributed by atoms with Gasteiger partial charge in [-0.15, -0.1) is 0 Å². The second-order valence-electron chi connectivity index (χ2n) is 4.86. The van der Waals surface area contributed by atoms with E-state index in [-0.39, 0.29) is 31.1 Å². The molecule has 19 heavy (non-hydrogen) atoms. The first-order valence-electron chi connectivity index (χ1n) is 6.11. The SMILES string of the molecule is O=C1CN(C2CC2)C(=O)N1Cc1ccc(Br)cc1F. The second-order valence-corrected chi connectivity index (χ2v) is 5.77. The molecule has 0 aromatic heterocycles. The first kappa shape index (κ1) is 12.6. The van der Waals surface area contributed by atoms with Gasteiger partial charge in [-0.25, -0.2) is 9.18 Å². The predicted octanol–water partition coefficient (Wildman–Crippen LogP) is 2.51. The van der Waals surface area contributed by atoms with E-state index in [0.29, 0.717) is 10.0 Å². The van der Waals surface area contributed by atoms with Crippen molar-refractivity contribution in [3.63, 3.8) is 0 Å². The molecule has 1 aromatic carbocycles. The number of urea groups is 1. The van der Waals surface area contributed by atoms with Crippen molar-refractivity contribution in [3.05, 3.63) is 34.1 Å². The average Bonchev–Trinajstić information content (AvgIpc) is 3.14. The number of hydrogen-bond acceptors (Lipinski definition) is 2. The summed E-state index contributed by atoms with van der Waals surface area (Å²) < 4.78 is 14.4. The van der Waals surface area contributed by atoms with Crippen LogP contribution in [0.5, 0.6) is 0 Å². The van der Waals surface area contributed by atoms with Gasteiger partial charge in [0.2, 0.25) is 0 Å². The molecular formula is C13H12BrFN2O2. The van der Waals surface area contributed by atoms with Gasteiger partial charge in [0, 0.05) is 16.1 Å². The summed E-state index contributed by atoms with van der Waals surface area (Å²) in [5.41, 5.74) is 0.350. The van der Waals surface area contributed by atoms with Crippen LogP contribution in [-0.4, -0.2) is 34.3 Å². The molecule has 3 rings (SSSR count). The van der Waals surface area contributed by atoms with Crippen molar-refractivity contribution in [1.29, 1.82) is 0 Å². The van der Waals surface area contributed by atoms with Gasteiger partial charge in [0.05, 0.1) is 6.54 Å². The first-order chi connectivity index (χ1) is 9.06. The molecule has 1 aliphatic carbocycles. The van der Waals surface area contributed by atoms with E-state index in [4.69, 9.17) is 0 Å². The molecule has 1 saturated heterocycles. The summed E-state index contributed by atoms with van der Waals surface area (Å²) in [6, 6.07) is 4.52. The summed E-state index contributed by atoms with van der Waals surface area (Å²) >= 11 is 3.17. The highest BCUT2D eigenvalue weighted by Gasteiger charge is 2.43. The minimum absolute atomic E-state index is 0.000000000000000222. The third-order valence-corrected chi connectivity index (χ3v) is 3.91. The molecule has 2 aliphatic rings. The van der Waals surface area contributed by atoms with E-state index in [2.05, 4.69) is 15.9 Å². The maximum Gasteiger partial charge on any atom is 0.327 e. The van der Waals surface area contributed by atoms with Crippen LogP contribution in [0.2, 0.25) is 0 Å². The summed E-state index contributed by atoms with van der Waals surface area (Å²) in [6.07, 6.45) is 1.92. The Balaban J connectivity index is 1.78. The predicted molar refractivity (Wildman–Crippen MR) is 69.8 cm³/mol. The van der Waals surface area contributed by atoms with Gasteiger partial charge >= 0.3 is 6.03 Å². The minimum Gasteiger partial charge on any atom is -0.312 e. The number of carbonyl (C=O) groups is 2. The normalized spacial score (nSPS) is 19.5. The van der Waals surface area contributed by atoms with E-state index in [1.807, 2.05) is 0 Å². The van der Waals surface area contributed by atoms with Gasteiger partial charge in [0.25, 0.3) is 5.91 Å². The largest absolute Gasteiger partial charge is 0.327 e. The van der Waals surface area contributed by atoms with Crippen LogP contribution in [0, 0.1) is 5.82 Å². The molecule has 6 heteroatoms. The number of rotatable bonds is 3. The smallest absolute Gasteiger partial charge is 0.312 e. The van der Waals surface area contributed by atoms with Crippen LogP contribution in [0.1, 0.15) is 18.4 Å². The molecule has 1 aliphatic heterocycles. The van der Waals surface area contributed by atoms with Crippen LogP contribution in [0.25, 0.3) is 0 Å². The number of carbonyl (C=O) groups excluding carboxylic acids is 2. The van der Waals surface area contributed by atoms with E-state index in [1.54, 1.807) is 17.0 Å². The topological polar surface area (TPSA) is 40.6 Å². The third kappa shape index (κ3) is 2.36. The average molecular weight is 327 g/mol. The lowest BCUT2D eigenvalue weighted by atomic mass is 10.2. The lowest BCUT2D eigenvalue weighted by Crippen LogP contribution is -2.33. The molecular weight excluding hydrogens is 315 g/mol. The minimum atomic E-state index is -0.417. The summed E-state index contributed by atoms with van der Waals surface area (Å²) in [5.74, 6) is -0.668. The van der Waals surface area contributed by atoms with Gasteiger partial charge in [-0.3, -0.25) is 9.69 Å². The van der Waals surface area contributed by atoms with Crippen LogP contribution >= 0.6 is 15.9 Å². The van der Waals surface area contributed by atoms with Gasteiger partial charge in [-0.2, -0.15) is 0 Å². The molecule has 0 unspecified atom stereocenters. The van der Waals surface area contributed by atoms with Crippen LogP contribution in [0.3, 0.4) is 0 Å². The Hall–Kier alpha value is -1.43. The van der Waals surface area contributed by atoms with Crippen LogP contribution in [0.15, 0.2) is 22.7 Å². The Labute approximate surface area is 118 Å². The van der Waals surface area contributed by atoms with Crippen molar-refractivity contribution >= 4 is 27.9 Å². The standard InChI is InChI=1S/C13H12BrFN2O2/c14-9-2-1-8(11(15)5-9)6-17-12(18)7-16(13(17)19)10-3-4-10/h1-2,5,10H,3-4,6-7H2. The maximum atomic E-state index is 13.7. The summed E-state index contributed by atoms with van der Waals surface area (Å²) in [4.78, 5) is 26.6. The Kier molecular flexibility index (Phi) is 3.05. The Morgan fingerprint density at radius 1 is 1.32 bits per heavy atom. The first-order valence-corrected chi connectivity index (χ1v) is 6.90. The van der Waals surface area contributed by atoms with Gasteiger partial charge in [0.15, 0.2) is 0 Å². The van der Waals surface area contributed by atoms with Crippen molar-refractivity contribution in [3.8, 4) is 0 Å². The molecule has 2 fully saturated rings. The lowest BCUT2D eigenvalue weighted by Gasteiger charge is -2.16. The highest BCUT2D eigenvalue weighted by atomic mass is 79.9. The molecule has 1 heterocycles. The number of hydrogen-bond donors (Lipinski definition) is 0. The fraction of sp³-hybridized carbons (Fsp3) is 0.385. The fourth-order valence-electron chi connectivity index (χ4n) is 2.21. The maximum absolute atomic E-state index is 13.7. The lowest BCUT2D eigenvalue weighted by molar-refractivity contribution is -0.125. The highest BCUT2D eigenvalue weighted by molar-refractivity contribution is 9.10. The second kappa shape index (κ2) is 4.59. The van der Waals surface area contributed by atoms with Crippen LogP contribution in [-0.2, 0) is 11.3 Å². The van der Waals surface area contributed by atoms with E-state index >= 15 is 0 Å². The van der Waals surface area contributed by atoms with E-state index in [1.165, 1.54) is 6.07 Å². The van der Waals surface area contributed by atoms with Crippen molar-refractivity contribution in [2.45, 2.75) is 25.4 Å². The quantitative estimate of drug-likeness (QED) is 0.801. The van der Waals surface area contributed by atoms with Gasteiger partial charge in [-0.05, 0) is 25.0 Å². The van der Waals surface area contributed by atoms with E-state index < -0.39 is 5.82 Å². The molecule has 100 valence electrons. The Morgan fingerprint density at radius 3 is 2.68 bits per heavy atom. The molecule has 4 nitrogen and oxygen atoms in total. The number of amides is 3. The fourth-order valence-corrected chi connectivity index (χ4v) is 2.54. The Bertz CT molecular complexity index is 560. The molecule has 3 amide bonds. The molecule has 0 N–H and O–H groups in total. The van der Waals surface area contributed by atoms with Crippen molar-refractivity contribution in [1.82, 2.24) is 9.80 Å². The van der Waals surface area contributed by atoms with Gasteiger partial charge in [-0.1, -0.05) is 22.0 Å². The van der Waals surface area contributed by atoms with Crippen molar-refractivity contribution < 1.29 is 14.0 Å². The molecule has 0 radical (unpaired) electrons. The van der Waals surface area contributed by atoms with Gasteiger partial charge in [0.1, 0.15) is 12.4 Å². The van der Waals surface area contributed by atoms with E-state index in [0.717, 1.165) is 17.7 Å². The molecule has 1 aromatic rings. The number of halogens is 2. The molecule has 0 atom stereocenters. The molecule has 1 saturated carbocycles. The van der Waals surface area contributed by atoms with Crippen LogP contribution in [0.4, 0.5) is 9.18 Å². The summed E-state index contributed by atoms with van der Waals surface area (Å²) in [7, 11) is 0. The van der Waals surface area contributed by atoms with E-state index in [9.17, 15) is 14.0 Å². The van der Waals surface area contributed by atoms with Crippen molar-refractivity contribution in [2.75, 3.05) is 6.54 Å². The summed E-state index contributed by atoms with van der Waals surface area (Å²) in [6.45, 7) is 0.127. The zero-order valence-electron chi connectivity index (χ0n) is 10.1. The zero-order valence-corrected chi connectivity index (χ0v) is 11.7. The molecule has 0 spiro atoms. The van der Waals surface area contributed by atoms with Crippen molar-refractivity contribution in [2.24, 2.45) is 0 Å². The Morgan fingerprint density at radius 2 is 2.05 bits per heavy atom. The zero-order chi connectivity index (χ0) is 13.6. The number of nitrogens with zero attached hydrogens (tertiary/aromatic N) is 2. The monoisotopic (exact) mass is 326 g/mol. The molecule has 0 bridgehead atoms. The number of benzene rings is 1. The highest BCUT2D eigenvalue weighted by Crippen LogP contribution is 2.31. The summed E-state index contributed by atoms with van der Waals surface area (Å²) in [5, 5.41) is 0. The van der Waals surface area contributed by atoms with Crippen LogP contribution < -0.4 is 0 Å². The third-order valence-electron chi connectivity index (χ3n) is 3.41.